The van der Waals surface area contributed by atoms with Crippen LogP contribution in [0, 0.1) is 0 Å². The first-order chi connectivity index (χ1) is 28.0. The minimum atomic E-state index is -4.66. The predicted octanol–water partition coefficient (Wildman–Crippen LogP) is 11.5. The normalized spacial score (nSPS) is 14.8. The first kappa shape index (κ1) is 54.4. The second-order valence-corrected chi connectivity index (χ2v) is 16.0. The Labute approximate surface area is 352 Å². The van der Waals surface area contributed by atoms with Crippen LogP contribution in [0.4, 0.5) is 0 Å². The molecule has 0 aromatic rings. The summed E-state index contributed by atoms with van der Waals surface area (Å²) in [5.74, 6) is -0.998. The molecular formula is C48H76NO8P. The van der Waals surface area contributed by atoms with Crippen LogP contribution in [0.1, 0.15) is 117 Å². The molecule has 326 valence electrons. The van der Waals surface area contributed by atoms with Crippen molar-refractivity contribution in [3.63, 3.8) is 0 Å². The Kier molecular flexibility index (Phi) is 36.5. The Morgan fingerprint density at radius 1 is 0.534 bits per heavy atom. The fourth-order valence-electron chi connectivity index (χ4n) is 4.73. The Balaban J connectivity index is 4.60. The predicted molar refractivity (Wildman–Crippen MR) is 240 cm³/mol. The summed E-state index contributed by atoms with van der Waals surface area (Å²) in [6, 6.07) is 0. The Hall–Kier alpha value is -3.59. The lowest BCUT2D eigenvalue weighted by Gasteiger charge is -2.28. The van der Waals surface area contributed by atoms with Gasteiger partial charge in [0.1, 0.15) is 19.8 Å². The van der Waals surface area contributed by atoms with Crippen molar-refractivity contribution in [1.82, 2.24) is 0 Å². The second kappa shape index (κ2) is 38.9. The maximum absolute atomic E-state index is 12.6. The summed E-state index contributed by atoms with van der Waals surface area (Å²) in [7, 11) is 1.07. The molecule has 0 bridgehead atoms. The minimum Gasteiger partial charge on any atom is -0.756 e. The van der Waals surface area contributed by atoms with Crippen molar-refractivity contribution in [3.8, 4) is 0 Å². The van der Waals surface area contributed by atoms with Crippen LogP contribution in [-0.4, -0.2) is 70.0 Å². The highest BCUT2D eigenvalue weighted by Crippen LogP contribution is 2.38. The van der Waals surface area contributed by atoms with Crippen molar-refractivity contribution in [3.05, 3.63) is 122 Å². The number of unbranched alkanes of at least 4 members (excludes halogenated alkanes) is 2. The number of quaternary nitrogens is 1. The first-order valence-corrected chi connectivity index (χ1v) is 22.7. The molecule has 0 fully saturated rings. The van der Waals surface area contributed by atoms with Gasteiger partial charge in [0.05, 0.1) is 27.7 Å². The van der Waals surface area contributed by atoms with Gasteiger partial charge in [-0.25, -0.2) is 0 Å². The number of hydrogen-bond donors (Lipinski definition) is 0. The van der Waals surface area contributed by atoms with E-state index in [9.17, 15) is 19.0 Å². The summed E-state index contributed by atoms with van der Waals surface area (Å²) in [6.07, 6.45) is 53.9. The molecule has 0 amide bonds. The van der Waals surface area contributed by atoms with Crippen LogP contribution in [0.5, 0.6) is 0 Å². The summed E-state index contributed by atoms with van der Waals surface area (Å²) >= 11 is 0. The highest BCUT2D eigenvalue weighted by Gasteiger charge is 2.21. The third-order valence-corrected chi connectivity index (χ3v) is 8.95. The monoisotopic (exact) mass is 826 g/mol. The molecule has 2 atom stereocenters. The average Bonchev–Trinajstić information content (AvgIpc) is 3.17. The summed E-state index contributed by atoms with van der Waals surface area (Å²) in [5, 5.41) is 0. The Bertz CT molecular complexity index is 1390. The van der Waals surface area contributed by atoms with Gasteiger partial charge < -0.3 is 27.9 Å². The molecule has 9 nitrogen and oxygen atoms in total. The van der Waals surface area contributed by atoms with Crippen LogP contribution >= 0.6 is 7.82 Å². The number of nitrogens with zero attached hydrogens (tertiary/aromatic N) is 1. The topological polar surface area (TPSA) is 111 Å². The van der Waals surface area contributed by atoms with E-state index in [-0.39, 0.29) is 26.1 Å². The van der Waals surface area contributed by atoms with Gasteiger partial charge >= 0.3 is 11.9 Å². The molecule has 0 aliphatic rings. The number of carbonyl (C=O) groups excluding carboxylic acids is 2. The molecule has 0 saturated carbocycles. The molecule has 0 aliphatic heterocycles. The highest BCUT2D eigenvalue weighted by molar-refractivity contribution is 7.45. The lowest BCUT2D eigenvalue weighted by atomic mass is 10.2. The summed E-state index contributed by atoms with van der Waals surface area (Å²) in [5.41, 5.74) is 0. The Morgan fingerprint density at radius 2 is 0.948 bits per heavy atom. The fraction of sp³-hybridized carbons (Fsp3) is 0.542. The van der Waals surface area contributed by atoms with Gasteiger partial charge in [-0.3, -0.25) is 14.2 Å². The molecular weight excluding hydrogens is 750 g/mol. The van der Waals surface area contributed by atoms with Gasteiger partial charge in [-0.2, -0.15) is 0 Å². The zero-order valence-corrected chi connectivity index (χ0v) is 37.3. The lowest BCUT2D eigenvalue weighted by Crippen LogP contribution is -2.37. The maximum atomic E-state index is 12.6. The van der Waals surface area contributed by atoms with Gasteiger partial charge in [0, 0.05) is 12.8 Å². The zero-order valence-electron chi connectivity index (χ0n) is 36.4. The van der Waals surface area contributed by atoms with Crippen LogP contribution in [0.3, 0.4) is 0 Å². The van der Waals surface area contributed by atoms with E-state index in [1.807, 2.05) is 33.3 Å². The van der Waals surface area contributed by atoms with E-state index in [0.717, 1.165) is 77.0 Å². The van der Waals surface area contributed by atoms with Gasteiger partial charge in [0.15, 0.2) is 6.10 Å². The number of phosphoric acid groups is 1. The highest BCUT2D eigenvalue weighted by atomic mass is 31.2. The molecule has 0 N–H and O–H groups in total. The van der Waals surface area contributed by atoms with Crippen molar-refractivity contribution in [2.75, 3.05) is 47.5 Å². The lowest BCUT2D eigenvalue weighted by molar-refractivity contribution is -0.870. The molecule has 0 aromatic heterocycles. The van der Waals surface area contributed by atoms with E-state index >= 15 is 0 Å². The van der Waals surface area contributed by atoms with Crippen LogP contribution in [0.15, 0.2) is 122 Å². The third kappa shape index (κ3) is 42.0. The number of phosphoric ester groups is 1. The van der Waals surface area contributed by atoms with Crippen molar-refractivity contribution in [1.29, 1.82) is 0 Å². The molecule has 0 rings (SSSR count). The number of likely N-dealkylation sites (N-methyl/N-ethyl adjacent to an activating group) is 1. The summed E-state index contributed by atoms with van der Waals surface area (Å²) < 4.78 is 33.7. The van der Waals surface area contributed by atoms with Gasteiger partial charge in [0.2, 0.25) is 0 Å². The molecule has 1 unspecified atom stereocenters. The SMILES string of the molecule is CC/C=C/C/C=C/C/C=C/C/C=C/C/C=C/C/C=C/CCC(=O)OC[C@H](COP(=O)([O-])OCC[N+](C)(C)C)OC(=O)CCCC/C=C/C/C=C/C/C=C/C/C=C/CC. The van der Waals surface area contributed by atoms with Crippen LogP contribution in [0.25, 0.3) is 0 Å². The number of esters is 2. The number of carbonyl (C=O) groups is 2. The van der Waals surface area contributed by atoms with Gasteiger partial charge in [-0.1, -0.05) is 135 Å². The number of ether oxygens (including phenoxy) is 2. The molecule has 10 heteroatoms. The summed E-state index contributed by atoms with van der Waals surface area (Å²) in [4.78, 5) is 37.5. The van der Waals surface area contributed by atoms with Crippen LogP contribution in [0.2, 0.25) is 0 Å². The maximum Gasteiger partial charge on any atom is 0.306 e. The zero-order chi connectivity index (χ0) is 42.8. The quantitative estimate of drug-likeness (QED) is 0.0202. The van der Waals surface area contributed by atoms with E-state index < -0.39 is 32.5 Å². The van der Waals surface area contributed by atoms with E-state index in [1.54, 1.807) is 0 Å². The minimum absolute atomic E-state index is 0.0579. The molecule has 0 spiro atoms. The molecule has 0 heterocycles. The molecule has 0 aliphatic carbocycles. The van der Waals surface area contributed by atoms with Gasteiger partial charge in [0.25, 0.3) is 7.82 Å². The van der Waals surface area contributed by atoms with Crippen molar-refractivity contribution in [2.45, 2.75) is 123 Å². The molecule has 58 heavy (non-hydrogen) atoms. The van der Waals surface area contributed by atoms with Crippen molar-refractivity contribution in [2.24, 2.45) is 0 Å². The Morgan fingerprint density at radius 3 is 1.38 bits per heavy atom. The van der Waals surface area contributed by atoms with E-state index in [4.69, 9.17) is 18.5 Å². The average molecular weight is 826 g/mol. The summed E-state index contributed by atoms with van der Waals surface area (Å²) in [6.45, 7) is 3.82. The molecule has 0 saturated heterocycles. The van der Waals surface area contributed by atoms with Gasteiger partial charge in [-0.15, -0.1) is 0 Å². The van der Waals surface area contributed by atoms with E-state index in [1.165, 1.54) is 0 Å². The van der Waals surface area contributed by atoms with Crippen LogP contribution in [-0.2, 0) is 32.7 Å². The standard InChI is InChI=1S/C48H76NO8P/c1-6-8-10-12-14-16-18-20-22-23-24-25-27-28-30-32-34-36-38-40-47(50)54-44-46(45-56-58(52,53)55-43-42-49(3,4)5)57-48(51)41-39-37-35-33-31-29-26-21-19-17-15-13-11-9-7-2/h8-11,14-17,20-22,24-26,28,30-31,33-34,36,46H,6-7,12-13,18-19,23,27,29,32,35,37-45H2,1-5H3/b10-8+,11-9+,16-14+,17-15+,22-20+,25-24+,26-21+,30-28+,33-31+,36-34+/t46-/m1/s1. The van der Waals surface area contributed by atoms with Crippen molar-refractivity contribution >= 4 is 19.8 Å². The van der Waals surface area contributed by atoms with Gasteiger partial charge in [-0.05, 0) is 89.9 Å². The van der Waals surface area contributed by atoms with E-state index in [0.29, 0.717) is 23.9 Å². The smallest absolute Gasteiger partial charge is 0.306 e. The molecule has 0 aromatic carbocycles. The van der Waals surface area contributed by atoms with Crippen molar-refractivity contribution < 1.29 is 42.1 Å². The molecule has 0 radical (unpaired) electrons. The van der Waals surface area contributed by atoms with Crippen LogP contribution < -0.4 is 4.89 Å². The number of hydrogen-bond acceptors (Lipinski definition) is 8. The first-order valence-electron chi connectivity index (χ1n) is 21.2. The fourth-order valence-corrected chi connectivity index (χ4v) is 5.46. The third-order valence-electron chi connectivity index (χ3n) is 7.99. The number of allylic oxidation sites excluding steroid dienone is 20. The number of rotatable bonds is 36. The second-order valence-electron chi connectivity index (χ2n) is 14.6. The largest absolute Gasteiger partial charge is 0.756 e. The van der Waals surface area contributed by atoms with E-state index in [2.05, 4.69) is 123 Å².